The van der Waals surface area contributed by atoms with E-state index in [2.05, 4.69) is 4.98 Å². The second kappa shape index (κ2) is 6.54. The number of aliphatic carboxylic acids is 1. The van der Waals surface area contributed by atoms with Gasteiger partial charge in [0.2, 0.25) is 11.8 Å². The van der Waals surface area contributed by atoms with Crippen LogP contribution in [0, 0.1) is 12.8 Å². The van der Waals surface area contributed by atoms with Crippen LogP contribution in [0.2, 0.25) is 0 Å². The zero-order valence-corrected chi connectivity index (χ0v) is 13.6. The van der Waals surface area contributed by atoms with Crippen LogP contribution in [-0.4, -0.2) is 40.0 Å². The number of carboxylic acids is 1. The van der Waals surface area contributed by atoms with Gasteiger partial charge in [-0.05, 0) is 31.2 Å². The number of rotatable bonds is 4. The van der Waals surface area contributed by atoms with Crippen LogP contribution >= 0.6 is 11.3 Å². The van der Waals surface area contributed by atoms with E-state index in [0.29, 0.717) is 43.3 Å². The zero-order valence-electron chi connectivity index (χ0n) is 12.8. The summed E-state index contributed by atoms with van der Waals surface area (Å²) in [5.41, 5.74) is 1.57. The van der Waals surface area contributed by atoms with Gasteiger partial charge in [0.05, 0.1) is 18.0 Å². The summed E-state index contributed by atoms with van der Waals surface area (Å²) < 4.78 is 5.64. The van der Waals surface area contributed by atoms with Crippen LogP contribution in [-0.2, 0) is 16.0 Å². The molecule has 1 fully saturated rings. The van der Waals surface area contributed by atoms with Crippen LogP contribution < -0.4 is 0 Å². The number of hydrogen-bond donors (Lipinski definition) is 1. The van der Waals surface area contributed by atoms with E-state index in [9.17, 15) is 9.59 Å². The van der Waals surface area contributed by atoms with Gasteiger partial charge in [-0.15, -0.1) is 0 Å². The van der Waals surface area contributed by atoms with Gasteiger partial charge in [-0.1, -0.05) is 0 Å². The van der Waals surface area contributed by atoms with E-state index < -0.39 is 5.97 Å². The SMILES string of the molecule is Cc1oc(-c2ccsc2)nc1CC(=O)N1CCC(C(=O)O)CC1. The van der Waals surface area contributed by atoms with Crippen LogP contribution in [0.15, 0.2) is 21.2 Å². The molecule has 0 saturated carbocycles. The van der Waals surface area contributed by atoms with Gasteiger partial charge in [0.1, 0.15) is 5.76 Å². The van der Waals surface area contributed by atoms with Gasteiger partial charge >= 0.3 is 5.97 Å². The second-order valence-corrected chi connectivity index (χ2v) is 6.48. The summed E-state index contributed by atoms with van der Waals surface area (Å²) in [6.07, 6.45) is 1.22. The molecular formula is C16H18N2O4S. The molecule has 7 heteroatoms. The summed E-state index contributed by atoms with van der Waals surface area (Å²) >= 11 is 1.57. The standard InChI is InChI=1S/C16H18N2O4S/c1-10-13(17-15(22-10)12-4-7-23-9-12)8-14(19)18-5-2-11(3-6-18)16(20)21/h4,7,9,11H,2-3,5-6,8H2,1H3,(H,20,21). The molecule has 0 unspecified atom stereocenters. The molecular weight excluding hydrogens is 316 g/mol. The van der Waals surface area contributed by atoms with E-state index in [4.69, 9.17) is 9.52 Å². The van der Waals surface area contributed by atoms with E-state index in [1.165, 1.54) is 0 Å². The van der Waals surface area contributed by atoms with Crippen molar-refractivity contribution in [2.75, 3.05) is 13.1 Å². The number of thiophene rings is 1. The maximum absolute atomic E-state index is 12.4. The lowest BCUT2D eigenvalue weighted by molar-refractivity contribution is -0.145. The number of aromatic nitrogens is 1. The van der Waals surface area contributed by atoms with Crippen LogP contribution in [0.4, 0.5) is 0 Å². The Morgan fingerprint density at radius 3 is 2.78 bits per heavy atom. The smallest absolute Gasteiger partial charge is 0.306 e. The van der Waals surface area contributed by atoms with E-state index >= 15 is 0 Å². The lowest BCUT2D eigenvalue weighted by atomic mass is 9.97. The van der Waals surface area contributed by atoms with Crippen molar-refractivity contribution < 1.29 is 19.1 Å². The number of piperidine rings is 1. The van der Waals surface area contributed by atoms with Crippen LogP contribution in [0.25, 0.3) is 11.5 Å². The van der Waals surface area contributed by atoms with Crippen LogP contribution in [0.5, 0.6) is 0 Å². The third-order valence-electron chi connectivity index (χ3n) is 4.18. The van der Waals surface area contributed by atoms with Crippen molar-refractivity contribution in [3.63, 3.8) is 0 Å². The fraction of sp³-hybridized carbons (Fsp3) is 0.438. The Balaban J connectivity index is 1.64. The molecule has 1 aliphatic heterocycles. The van der Waals surface area contributed by atoms with Crippen molar-refractivity contribution in [1.82, 2.24) is 9.88 Å². The van der Waals surface area contributed by atoms with Gasteiger partial charge in [0.25, 0.3) is 0 Å². The summed E-state index contributed by atoms with van der Waals surface area (Å²) in [7, 11) is 0. The van der Waals surface area contributed by atoms with Gasteiger partial charge in [-0.25, -0.2) is 4.98 Å². The minimum atomic E-state index is -0.773. The fourth-order valence-corrected chi connectivity index (χ4v) is 3.36. The van der Waals surface area contributed by atoms with E-state index in [-0.39, 0.29) is 18.2 Å². The highest BCUT2D eigenvalue weighted by molar-refractivity contribution is 7.08. The Kier molecular flexibility index (Phi) is 4.47. The molecule has 23 heavy (non-hydrogen) atoms. The average Bonchev–Trinajstić information content (AvgIpc) is 3.18. The Bertz CT molecular complexity index is 700. The minimum Gasteiger partial charge on any atom is -0.481 e. The van der Waals surface area contributed by atoms with Crippen LogP contribution in [0.1, 0.15) is 24.3 Å². The molecule has 1 N–H and O–H groups in total. The van der Waals surface area contributed by atoms with Crippen LogP contribution in [0.3, 0.4) is 0 Å². The highest BCUT2D eigenvalue weighted by Crippen LogP contribution is 2.25. The third kappa shape index (κ3) is 3.44. The first-order chi connectivity index (χ1) is 11.0. The molecule has 0 spiro atoms. The summed E-state index contributed by atoms with van der Waals surface area (Å²) in [6, 6.07) is 1.93. The number of likely N-dealkylation sites (tertiary alicyclic amines) is 1. The molecule has 1 aliphatic rings. The topological polar surface area (TPSA) is 83.6 Å². The first-order valence-electron chi connectivity index (χ1n) is 7.54. The van der Waals surface area contributed by atoms with Gasteiger partial charge in [-0.2, -0.15) is 11.3 Å². The van der Waals surface area contributed by atoms with Gasteiger partial charge in [0.15, 0.2) is 0 Å². The highest BCUT2D eigenvalue weighted by atomic mass is 32.1. The van der Waals surface area contributed by atoms with Crippen molar-refractivity contribution in [1.29, 1.82) is 0 Å². The fourth-order valence-electron chi connectivity index (χ4n) is 2.73. The summed E-state index contributed by atoms with van der Waals surface area (Å²) in [5.74, 6) is 0.0566. The molecule has 3 rings (SSSR count). The molecule has 0 aromatic carbocycles. The lowest BCUT2D eigenvalue weighted by Crippen LogP contribution is -2.41. The van der Waals surface area contributed by atoms with Crippen molar-refractivity contribution in [3.05, 3.63) is 28.3 Å². The minimum absolute atomic E-state index is 0.0258. The number of carbonyl (C=O) groups excluding carboxylic acids is 1. The van der Waals surface area contributed by atoms with Crippen molar-refractivity contribution in [3.8, 4) is 11.5 Å². The first kappa shape index (κ1) is 15.7. The number of hydrogen-bond acceptors (Lipinski definition) is 5. The Morgan fingerprint density at radius 1 is 1.43 bits per heavy atom. The Morgan fingerprint density at radius 2 is 2.17 bits per heavy atom. The number of amides is 1. The Hall–Kier alpha value is -2.15. The van der Waals surface area contributed by atoms with Crippen molar-refractivity contribution in [2.24, 2.45) is 5.92 Å². The maximum Gasteiger partial charge on any atom is 0.306 e. The lowest BCUT2D eigenvalue weighted by Gasteiger charge is -2.30. The first-order valence-corrected chi connectivity index (χ1v) is 8.48. The third-order valence-corrected chi connectivity index (χ3v) is 4.86. The number of aryl methyl sites for hydroxylation is 1. The number of nitrogens with zero attached hydrogens (tertiary/aromatic N) is 2. The highest BCUT2D eigenvalue weighted by Gasteiger charge is 2.27. The second-order valence-electron chi connectivity index (χ2n) is 5.70. The normalized spacial score (nSPS) is 15.8. The summed E-state index contributed by atoms with van der Waals surface area (Å²) in [6.45, 7) is 2.79. The summed E-state index contributed by atoms with van der Waals surface area (Å²) in [4.78, 5) is 29.5. The molecule has 1 amide bonds. The number of oxazole rings is 1. The molecule has 1 saturated heterocycles. The number of carboxylic acid groups (broad SMARTS) is 1. The monoisotopic (exact) mass is 334 g/mol. The van der Waals surface area contributed by atoms with E-state index in [1.807, 2.05) is 23.8 Å². The van der Waals surface area contributed by atoms with Gasteiger partial charge in [-0.3, -0.25) is 9.59 Å². The maximum atomic E-state index is 12.4. The van der Waals surface area contributed by atoms with Gasteiger partial charge in [0, 0.05) is 24.0 Å². The van der Waals surface area contributed by atoms with Gasteiger partial charge < -0.3 is 14.4 Å². The van der Waals surface area contributed by atoms with Crippen molar-refractivity contribution >= 4 is 23.2 Å². The number of carbonyl (C=O) groups is 2. The molecule has 0 aliphatic carbocycles. The molecule has 3 heterocycles. The molecule has 6 nitrogen and oxygen atoms in total. The molecule has 0 atom stereocenters. The largest absolute Gasteiger partial charge is 0.481 e. The average molecular weight is 334 g/mol. The molecule has 2 aromatic rings. The zero-order chi connectivity index (χ0) is 16.4. The molecule has 122 valence electrons. The van der Waals surface area contributed by atoms with E-state index in [0.717, 1.165) is 5.56 Å². The predicted octanol–water partition coefficient (Wildman–Crippen LogP) is 2.58. The van der Waals surface area contributed by atoms with Crippen molar-refractivity contribution in [2.45, 2.75) is 26.2 Å². The molecule has 0 radical (unpaired) electrons. The summed E-state index contributed by atoms with van der Waals surface area (Å²) in [5, 5.41) is 12.9. The Labute approximate surface area is 137 Å². The van der Waals surface area contributed by atoms with E-state index in [1.54, 1.807) is 16.2 Å². The molecule has 2 aromatic heterocycles. The predicted molar refractivity (Wildman–Crippen MR) is 85.2 cm³/mol. The quantitative estimate of drug-likeness (QED) is 0.929. The molecule has 0 bridgehead atoms.